The number of hydrogen-bond donors (Lipinski definition) is 2. The van der Waals surface area contributed by atoms with Gasteiger partial charge in [0.25, 0.3) is 0 Å². The maximum atomic E-state index is 10.7. The summed E-state index contributed by atoms with van der Waals surface area (Å²) in [5.41, 5.74) is 1.10. The van der Waals surface area contributed by atoms with Crippen LogP contribution in [0, 0.1) is 12.3 Å². The van der Waals surface area contributed by atoms with Crippen molar-refractivity contribution in [3.8, 4) is 12.3 Å². The average Bonchev–Trinajstić information content (AvgIpc) is 2.20. The molecule has 0 atom stereocenters. The minimum absolute atomic E-state index is 0.254. The van der Waals surface area contributed by atoms with Crippen molar-refractivity contribution < 1.29 is 9.90 Å². The predicted octanol–water partition coefficient (Wildman–Crippen LogP) is 2.58. The van der Waals surface area contributed by atoms with Crippen LogP contribution < -0.4 is 5.32 Å². The fraction of sp³-hybridized carbons (Fsp3) is 0.182. The second-order valence-corrected chi connectivity index (χ2v) is 3.74. The molecule has 0 bridgehead atoms. The van der Waals surface area contributed by atoms with Gasteiger partial charge in [-0.05, 0) is 34.1 Å². The van der Waals surface area contributed by atoms with E-state index in [1.165, 1.54) is 0 Å². The number of hydrogen-bond acceptors (Lipinski definition) is 2. The van der Waals surface area contributed by atoms with E-state index in [4.69, 9.17) is 11.5 Å². The Balaban J connectivity index is 2.76. The second kappa shape index (κ2) is 5.42. The van der Waals surface area contributed by atoms with Gasteiger partial charge in [-0.3, -0.25) is 0 Å². The Hall–Kier alpha value is -1.47. The highest BCUT2D eigenvalue weighted by Crippen LogP contribution is 2.23. The molecule has 0 saturated carbocycles. The fourth-order valence-electron chi connectivity index (χ4n) is 1.06. The highest BCUT2D eigenvalue weighted by atomic mass is 79.9. The van der Waals surface area contributed by atoms with Gasteiger partial charge in [-0.1, -0.05) is 0 Å². The molecule has 2 N–H and O–H groups in total. The molecular formula is C11H10BrNO2. The molecule has 0 aliphatic rings. The summed E-state index contributed by atoms with van der Waals surface area (Å²) < 4.78 is 0.722. The Labute approximate surface area is 96.6 Å². The van der Waals surface area contributed by atoms with Crippen molar-refractivity contribution in [2.24, 2.45) is 0 Å². The lowest BCUT2D eigenvalue weighted by Gasteiger charge is -2.07. The van der Waals surface area contributed by atoms with Crippen LogP contribution in [0.5, 0.6) is 0 Å². The molecule has 78 valence electrons. The molecule has 0 saturated heterocycles. The van der Waals surface area contributed by atoms with E-state index in [0.717, 1.165) is 10.2 Å². The number of halogens is 1. The van der Waals surface area contributed by atoms with Gasteiger partial charge in [-0.25, -0.2) is 4.79 Å². The Morgan fingerprint density at radius 2 is 2.33 bits per heavy atom. The number of benzene rings is 1. The Morgan fingerprint density at radius 3 is 2.87 bits per heavy atom. The van der Waals surface area contributed by atoms with Crippen LogP contribution in [0.3, 0.4) is 0 Å². The first kappa shape index (κ1) is 11.6. The van der Waals surface area contributed by atoms with E-state index in [9.17, 15) is 4.79 Å². The largest absolute Gasteiger partial charge is 0.478 e. The molecule has 4 heteroatoms. The van der Waals surface area contributed by atoms with Crippen molar-refractivity contribution in [2.45, 2.75) is 6.42 Å². The lowest BCUT2D eigenvalue weighted by molar-refractivity contribution is 0.0697. The number of nitrogens with one attached hydrogen (secondary N) is 1. The number of carboxylic acid groups (broad SMARTS) is 1. The first-order chi connectivity index (χ1) is 7.15. The number of anilines is 1. The van der Waals surface area contributed by atoms with Crippen molar-refractivity contribution in [2.75, 3.05) is 11.9 Å². The van der Waals surface area contributed by atoms with E-state index in [0.29, 0.717) is 13.0 Å². The Kier molecular flexibility index (Phi) is 4.19. The third-order valence-corrected chi connectivity index (χ3v) is 2.46. The van der Waals surface area contributed by atoms with Crippen LogP contribution in [0.25, 0.3) is 0 Å². The summed E-state index contributed by atoms with van der Waals surface area (Å²) in [5, 5.41) is 11.8. The van der Waals surface area contributed by atoms with Crippen molar-refractivity contribution in [1.29, 1.82) is 0 Å². The molecule has 0 radical (unpaired) electrons. The smallest absolute Gasteiger partial charge is 0.335 e. The van der Waals surface area contributed by atoms with Gasteiger partial charge < -0.3 is 10.4 Å². The van der Waals surface area contributed by atoms with Crippen LogP contribution in [-0.4, -0.2) is 17.6 Å². The summed E-state index contributed by atoms with van der Waals surface area (Å²) in [6, 6.07) is 4.82. The van der Waals surface area contributed by atoms with E-state index in [1.807, 2.05) is 0 Å². The van der Waals surface area contributed by atoms with Crippen LogP contribution in [0.15, 0.2) is 22.7 Å². The third kappa shape index (κ3) is 3.30. The molecule has 0 aliphatic heterocycles. The van der Waals surface area contributed by atoms with Crippen molar-refractivity contribution in [3.05, 3.63) is 28.2 Å². The normalized spacial score (nSPS) is 9.33. The zero-order valence-electron chi connectivity index (χ0n) is 7.96. The summed E-state index contributed by atoms with van der Waals surface area (Å²) in [7, 11) is 0. The van der Waals surface area contributed by atoms with Gasteiger partial charge in [0.2, 0.25) is 0 Å². The van der Waals surface area contributed by atoms with Crippen LogP contribution in [0.4, 0.5) is 5.69 Å². The van der Waals surface area contributed by atoms with E-state index in [2.05, 4.69) is 27.2 Å². The van der Waals surface area contributed by atoms with E-state index < -0.39 is 5.97 Å². The molecule has 1 aromatic carbocycles. The standard InChI is InChI=1S/C11H10BrNO2/c1-2-3-6-13-10-5-4-8(11(14)15)7-9(10)12/h1,4-5,7,13H,3,6H2,(H,14,15). The van der Waals surface area contributed by atoms with Crippen molar-refractivity contribution in [1.82, 2.24) is 0 Å². The first-order valence-corrected chi connectivity index (χ1v) is 5.14. The van der Waals surface area contributed by atoms with Gasteiger partial charge in [0.05, 0.1) is 5.56 Å². The van der Waals surface area contributed by atoms with Crippen molar-refractivity contribution in [3.63, 3.8) is 0 Å². The molecular weight excluding hydrogens is 258 g/mol. The minimum atomic E-state index is -0.939. The Morgan fingerprint density at radius 1 is 1.60 bits per heavy atom. The monoisotopic (exact) mass is 267 g/mol. The topological polar surface area (TPSA) is 49.3 Å². The summed E-state index contributed by atoms with van der Waals surface area (Å²) in [5.74, 6) is 1.58. The second-order valence-electron chi connectivity index (χ2n) is 2.88. The number of aromatic carboxylic acids is 1. The lowest BCUT2D eigenvalue weighted by Crippen LogP contribution is -2.02. The number of terminal acetylenes is 1. The molecule has 3 nitrogen and oxygen atoms in total. The molecule has 0 aliphatic carbocycles. The lowest BCUT2D eigenvalue weighted by atomic mass is 10.2. The molecule has 15 heavy (non-hydrogen) atoms. The Bertz CT molecular complexity index is 410. The summed E-state index contributed by atoms with van der Waals surface area (Å²) >= 11 is 3.29. The number of rotatable bonds is 4. The van der Waals surface area contributed by atoms with Gasteiger partial charge in [-0.15, -0.1) is 12.3 Å². The van der Waals surface area contributed by atoms with Crippen LogP contribution >= 0.6 is 15.9 Å². The fourth-order valence-corrected chi connectivity index (χ4v) is 1.58. The quantitative estimate of drug-likeness (QED) is 0.651. The zero-order valence-corrected chi connectivity index (χ0v) is 9.54. The van der Waals surface area contributed by atoms with Gasteiger partial charge in [0.1, 0.15) is 0 Å². The van der Waals surface area contributed by atoms with Gasteiger partial charge in [0, 0.05) is 23.1 Å². The van der Waals surface area contributed by atoms with E-state index in [-0.39, 0.29) is 5.56 Å². The molecule has 0 fully saturated rings. The SMILES string of the molecule is C#CCCNc1ccc(C(=O)O)cc1Br. The summed E-state index contributed by atoms with van der Waals surface area (Å²) in [6.45, 7) is 0.668. The maximum Gasteiger partial charge on any atom is 0.335 e. The van der Waals surface area contributed by atoms with Gasteiger partial charge >= 0.3 is 5.97 Å². The molecule has 0 aromatic heterocycles. The maximum absolute atomic E-state index is 10.7. The third-order valence-electron chi connectivity index (χ3n) is 1.80. The molecule has 0 amide bonds. The van der Waals surface area contributed by atoms with E-state index in [1.54, 1.807) is 18.2 Å². The zero-order chi connectivity index (χ0) is 11.3. The van der Waals surface area contributed by atoms with Crippen molar-refractivity contribution >= 4 is 27.6 Å². The molecule has 1 aromatic rings. The van der Waals surface area contributed by atoms with E-state index >= 15 is 0 Å². The molecule has 0 unspecified atom stereocenters. The van der Waals surface area contributed by atoms with Crippen LogP contribution in [0.1, 0.15) is 16.8 Å². The van der Waals surface area contributed by atoms with Gasteiger partial charge in [0.15, 0.2) is 0 Å². The number of carboxylic acids is 1. The molecule has 0 spiro atoms. The summed E-state index contributed by atoms with van der Waals surface area (Å²) in [4.78, 5) is 10.7. The highest BCUT2D eigenvalue weighted by Gasteiger charge is 2.05. The highest BCUT2D eigenvalue weighted by molar-refractivity contribution is 9.10. The van der Waals surface area contributed by atoms with Crippen LogP contribution in [0.2, 0.25) is 0 Å². The van der Waals surface area contributed by atoms with Gasteiger partial charge in [-0.2, -0.15) is 0 Å². The predicted molar refractivity (Wildman–Crippen MR) is 63.0 cm³/mol. The first-order valence-electron chi connectivity index (χ1n) is 4.35. The average molecular weight is 268 g/mol. The summed E-state index contributed by atoms with van der Waals surface area (Å²) in [6.07, 6.45) is 5.75. The van der Waals surface area contributed by atoms with Crippen LogP contribution in [-0.2, 0) is 0 Å². The minimum Gasteiger partial charge on any atom is -0.478 e. The molecule has 1 rings (SSSR count). The number of carbonyl (C=O) groups is 1. The molecule has 0 heterocycles.